The van der Waals surface area contributed by atoms with Crippen molar-refractivity contribution in [3.05, 3.63) is 24.3 Å². The average Bonchev–Trinajstić information content (AvgIpc) is 3.14. The summed E-state index contributed by atoms with van der Waals surface area (Å²) in [5.74, 6) is 0.786. The van der Waals surface area contributed by atoms with Crippen LogP contribution in [0.25, 0.3) is 16.6 Å². The summed E-state index contributed by atoms with van der Waals surface area (Å²) in [6.07, 6.45) is 9.37. The molecule has 3 heterocycles. The molecule has 0 spiro atoms. The summed E-state index contributed by atoms with van der Waals surface area (Å²) >= 11 is 0. The van der Waals surface area contributed by atoms with E-state index in [9.17, 15) is 0 Å². The molecule has 7 heteroatoms. The molecule has 0 bridgehead atoms. The second-order valence-electron chi connectivity index (χ2n) is 5.63. The van der Waals surface area contributed by atoms with Crippen LogP contribution in [-0.4, -0.2) is 36.2 Å². The van der Waals surface area contributed by atoms with E-state index in [0.29, 0.717) is 11.8 Å². The summed E-state index contributed by atoms with van der Waals surface area (Å²) in [7, 11) is 0. The summed E-state index contributed by atoms with van der Waals surface area (Å²) in [6.45, 7) is 0. The minimum Gasteiger partial charge on any atom is -0.411 e. The molecular formula is C14H16N6O. The first-order chi connectivity index (χ1) is 10.4. The third kappa shape index (κ3) is 1.96. The van der Waals surface area contributed by atoms with Gasteiger partial charge in [-0.2, -0.15) is 0 Å². The lowest BCUT2D eigenvalue weighted by Crippen LogP contribution is -2.14. The lowest BCUT2D eigenvalue weighted by Gasteiger charge is -2.24. The third-order valence-corrected chi connectivity index (χ3v) is 4.43. The monoisotopic (exact) mass is 284 g/mol. The van der Waals surface area contributed by atoms with Gasteiger partial charge in [-0.15, -0.1) is 10.3 Å². The normalized spacial score (nSPS) is 23.4. The zero-order valence-corrected chi connectivity index (χ0v) is 11.5. The highest BCUT2D eigenvalue weighted by molar-refractivity contribution is 5.92. The highest BCUT2D eigenvalue weighted by atomic mass is 16.4. The third-order valence-electron chi connectivity index (χ3n) is 4.43. The Morgan fingerprint density at radius 2 is 2.19 bits per heavy atom. The van der Waals surface area contributed by atoms with Gasteiger partial charge in [-0.05, 0) is 37.7 Å². The van der Waals surface area contributed by atoms with Gasteiger partial charge in [0.25, 0.3) is 0 Å². The van der Waals surface area contributed by atoms with E-state index in [1.165, 1.54) is 0 Å². The SMILES string of the molecule is O/N=C/C1CCC(c2nnn3cnc4[nH]ccc4c23)CC1. The first-order valence-electron chi connectivity index (χ1n) is 7.21. The van der Waals surface area contributed by atoms with Gasteiger partial charge in [-0.1, -0.05) is 5.21 Å². The fraction of sp³-hybridized carbons (Fsp3) is 0.429. The zero-order chi connectivity index (χ0) is 14.2. The topological polar surface area (TPSA) is 91.5 Å². The van der Waals surface area contributed by atoms with Crippen LogP contribution in [0.4, 0.5) is 0 Å². The van der Waals surface area contributed by atoms with Crippen LogP contribution in [0.3, 0.4) is 0 Å². The Morgan fingerprint density at radius 1 is 1.33 bits per heavy atom. The van der Waals surface area contributed by atoms with Crippen molar-refractivity contribution in [1.29, 1.82) is 0 Å². The Bertz CT molecular complexity index is 796. The molecule has 0 atom stereocenters. The Balaban J connectivity index is 1.72. The smallest absolute Gasteiger partial charge is 0.141 e. The van der Waals surface area contributed by atoms with Crippen LogP contribution in [-0.2, 0) is 0 Å². The van der Waals surface area contributed by atoms with Gasteiger partial charge in [-0.3, -0.25) is 0 Å². The van der Waals surface area contributed by atoms with E-state index in [0.717, 1.165) is 47.9 Å². The van der Waals surface area contributed by atoms with Crippen molar-refractivity contribution < 1.29 is 5.21 Å². The second kappa shape index (κ2) is 4.83. The molecule has 0 amide bonds. The molecule has 1 saturated carbocycles. The van der Waals surface area contributed by atoms with Crippen molar-refractivity contribution >= 4 is 22.8 Å². The van der Waals surface area contributed by atoms with Gasteiger partial charge in [0.2, 0.25) is 0 Å². The Hall–Kier alpha value is -2.44. The number of hydrogen-bond donors (Lipinski definition) is 2. The summed E-state index contributed by atoms with van der Waals surface area (Å²) < 4.78 is 1.76. The maximum atomic E-state index is 8.64. The molecule has 0 aromatic carbocycles. The van der Waals surface area contributed by atoms with Crippen LogP contribution in [0.2, 0.25) is 0 Å². The average molecular weight is 284 g/mol. The molecule has 1 aliphatic rings. The van der Waals surface area contributed by atoms with Crippen molar-refractivity contribution in [1.82, 2.24) is 24.8 Å². The van der Waals surface area contributed by atoms with Crippen LogP contribution in [0.15, 0.2) is 23.7 Å². The van der Waals surface area contributed by atoms with E-state index in [1.54, 1.807) is 17.1 Å². The van der Waals surface area contributed by atoms with Crippen LogP contribution < -0.4 is 0 Å². The number of nitrogens with one attached hydrogen (secondary N) is 1. The van der Waals surface area contributed by atoms with E-state index in [-0.39, 0.29) is 0 Å². The van der Waals surface area contributed by atoms with Crippen LogP contribution in [0.5, 0.6) is 0 Å². The quantitative estimate of drug-likeness (QED) is 0.429. The molecule has 7 nitrogen and oxygen atoms in total. The maximum absolute atomic E-state index is 8.64. The number of H-pyrrole nitrogens is 1. The number of fused-ring (bicyclic) bond motifs is 3. The van der Waals surface area contributed by atoms with Crippen molar-refractivity contribution in [2.45, 2.75) is 31.6 Å². The molecule has 2 N–H and O–H groups in total. The largest absolute Gasteiger partial charge is 0.411 e. The molecular weight excluding hydrogens is 268 g/mol. The number of hydrogen-bond acceptors (Lipinski definition) is 5. The first kappa shape index (κ1) is 12.3. The van der Waals surface area contributed by atoms with E-state index in [2.05, 4.69) is 25.4 Å². The van der Waals surface area contributed by atoms with Gasteiger partial charge in [0.15, 0.2) is 0 Å². The van der Waals surface area contributed by atoms with Gasteiger partial charge < -0.3 is 10.2 Å². The van der Waals surface area contributed by atoms with Crippen LogP contribution in [0, 0.1) is 5.92 Å². The molecule has 0 unspecified atom stereocenters. The molecule has 108 valence electrons. The predicted molar refractivity (Wildman–Crippen MR) is 77.6 cm³/mol. The molecule has 21 heavy (non-hydrogen) atoms. The highest BCUT2D eigenvalue weighted by Crippen LogP contribution is 2.37. The Labute approximate surface area is 120 Å². The summed E-state index contributed by atoms with van der Waals surface area (Å²) in [6, 6.07) is 2.02. The molecule has 0 radical (unpaired) electrons. The van der Waals surface area contributed by atoms with Gasteiger partial charge in [0, 0.05) is 23.7 Å². The number of nitrogens with zero attached hydrogens (tertiary/aromatic N) is 5. The van der Waals surface area contributed by atoms with Crippen LogP contribution in [0.1, 0.15) is 37.3 Å². The Morgan fingerprint density at radius 3 is 3.00 bits per heavy atom. The van der Waals surface area contributed by atoms with Gasteiger partial charge in [0.05, 0.1) is 5.69 Å². The minimum atomic E-state index is 0.377. The molecule has 0 aliphatic heterocycles. The molecule has 1 fully saturated rings. The summed E-state index contributed by atoms with van der Waals surface area (Å²) in [5.41, 5.74) is 2.98. The molecule has 1 aliphatic carbocycles. The molecule has 3 aromatic heterocycles. The fourth-order valence-corrected chi connectivity index (χ4v) is 3.33. The van der Waals surface area contributed by atoms with Crippen molar-refractivity contribution in [2.75, 3.05) is 0 Å². The van der Waals surface area contributed by atoms with E-state index < -0.39 is 0 Å². The van der Waals surface area contributed by atoms with E-state index in [4.69, 9.17) is 5.21 Å². The van der Waals surface area contributed by atoms with Crippen LogP contribution >= 0.6 is 0 Å². The molecule has 0 saturated heterocycles. The lowest BCUT2D eigenvalue weighted by atomic mass is 9.80. The summed E-state index contributed by atoms with van der Waals surface area (Å²) in [5, 5.41) is 21.5. The molecule has 3 aromatic rings. The van der Waals surface area contributed by atoms with E-state index in [1.807, 2.05) is 12.3 Å². The second-order valence-corrected chi connectivity index (χ2v) is 5.63. The maximum Gasteiger partial charge on any atom is 0.141 e. The Kier molecular flexibility index (Phi) is 2.83. The fourth-order valence-electron chi connectivity index (χ4n) is 3.33. The van der Waals surface area contributed by atoms with Gasteiger partial charge in [0.1, 0.15) is 17.5 Å². The number of rotatable bonds is 2. The minimum absolute atomic E-state index is 0.377. The zero-order valence-electron chi connectivity index (χ0n) is 11.5. The summed E-state index contributed by atoms with van der Waals surface area (Å²) in [4.78, 5) is 7.45. The lowest BCUT2D eigenvalue weighted by molar-refractivity contribution is 0.311. The predicted octanol–water partition coefficient (Wildman–Crippen LogP) is 2.34. The van der Waals surface area contributed by atoms with Crippen molar-refractivity contribution in [3.63, 3.8) is 0 Å². The number of oxime groups is 1. The van der Waals surface area contributed by atoms with Crippen molar-refractivity contribution in [3.8, 4) is 0 Å². The van der Waals surface area contributed by atoms with E-state index >= 15 is 0 Å². The standard InChI is InChI=1S/C14H16N6O/c21-17-7-9-1-3-10(4-2-9)12-13-11-5-6-15-14(11)16-8-20(13)19-18-12/h5-10,15,21H,1-4H2/b17-7+. The highest BCUT2D eigenvalue weighted by Gasteiger charge is 2.26. The van der Waals surface area contributed by atoms with Gasteiger partial charge in [-0.25, -0.2) is 9.50 Å². The number of aromatic nitrogens is 5. The van der Waals surface area contributed by atoms with Crippen molar-refractivity contribution in [2.24, 2.45) is 11.1 Å². The number of aromatic amines is 1. The molecule has 4 rings (SSSR count). The van der Waals surface area contributed by atoms with Gasteiger partial charge >= 0.3 is 0 Å². The first-order valence-corrected chi connectivity index (χ1v) is 7.21.